The van der Waals surface area contributed by atoms with Gasteiger partial charge in [0.25, 0.3) is 10.2 Å². The van der Waals surface area contributed by atoms with Crippen molar-refractivity contribution in [2.24, 2.45) is 0 Å². The highest BCUT2D eigenvalue weighted by Crippen LogP contribution is 2.21. The van der Waals surface area contributed by atoms with E-state index in [-0.39, 0.29) is 6.04 Å². The van der Waals surface area contributed by atoms with Crippen LogP contribution in [0.3, 0.4) is 0 Å². The Morgan fingerprint density at radius 2 is 2.06 bits per heavy atom. The van der Waals surface area contributed by atoms with Gasteiger partial charge in [0.15, 0.2) is 0 Å². The number of carbonyl (C=O) groups is 1. The molecule has 0 aromatic rings. The summed E-state index contributed by atoms with van der Waals surface area (Å²) in [6.07, 6.45) is 2.77. The van der Waals surface area contributed by atoms with E-state index in [4.69, 9.17) is 0 Å². The fraction of sp³-hybridized carbons (Fsp3) is 0.900. The molecule has 0 saturated heterocycles. The molecule has 0 spiro atoms. The Balaban J connectivity index is 2.73. The third kappa shape index (κ3) is 4.25. The molecule has 17 heavy (non-hydrogen) atoms. The monoisotopic (exact) mass is 264 g/mol. The average Bonchev–Trinajstić information content (AvgIpc) is 2.98. The zero-order valence-corrected chi connectivity index (χ0v) is 11.3. The molecule has 0 aliphatic heterocycles. The molecule has 1 fully saturated rings. The van der Waals surface area contributed by atoms with Gasteiger partial charge in [-0.2, -0.15) is 17.9 Å². The van der Waals surface area contributed by atoms with Gasteiger partial charge >= 0.3 is 5.97 Å². The van der Waals surface area contributed by atoms with Gasteiger partial charge in [0, 0.05) is 6.04 Å². The van der Waals surface area contributed by atoms with Crippen molar-refractivity contribution in [1.82, 2.24) is 9.44 Å². The van der Waals surface area contributed by atoms with E-state index in [1.54, 1.807) is 0 Å². The van der Waals surface area contributed by atoms with Crippen molar-refractivity contribution in [3.63, 3.8) is 0 Å². The third-order valence-electron chi connectivity index (χ3n) is 2.64. The maximum absolute atomic E-state index is 11.8. The highest BCUT2D eigenvalue weighted by Gasteiger charge is 2.39. The van der Waals surface area contributed by atoms with E-state index in [1.807, 2.05) is 6.92 Å². The van der Waals surface area contributed by atoms with Crippen LogP contribution in [0.25, 0.3) is 0 Å². The fourth-order valence-electron chi connectivity index (χ4n) is 1.67. The van der Waals surface area contributed by atoms with Crippen molar-refractivity contribution < 1.29 is 17.9 Å². The van der Waals surface area contributed by atoms with E-state index in [2.05, 4.69) is 14.2 Å². The van der Waals surface area contributed by atoms with Gasteiger partial charge in [-0.25, -0.2) is 0 Å². The largest absolute Gasteiger partial charge is 0.468 e. The first-order chi connectivity index (χ1) is 7.83. The summed E-state index contributed by atoms with van der Waals surface area (Å²) in [7, 11) is -2.41. The second-order valence-corrected chi connectivity index (χ2v) is 6.02. The summed E-state index contributed by atoms with van der Waals surface area (Å²) >= 11 is 0. The summed E-state index contributed by atoms with van der Waals surface area (Å²) in [6.45, 7) is 3.41. The lowest BCUT2D eigenvalue weighted by atomic mass is 9.98. The van der Waals surface area contributed by atoms with Gasteiger partial charge in [0.05, 0.1) is 7.11 Å². The van der Waals surface area contributed by atoms with Crippen LogP contribution in [-0.4, -0.2) is 33.1 Å². The molecule has 1 unspecified atom stereocenters. The van der Waals surface area contributed by atoms with Crippen LogP contribution >= 0.6 is 0 Å². The molecule has 2 N–H and O–H groups in total. The number of methoxy groups -OCH3 is 1. The maximum Gasteiger partial charge on any atom is 0.326 e. The SMILES string of the molecule is CCCC(C)(NS(=O)(=O)NC1CC1)C(=O)OC. The average molecular weight is 264 g/mol. The Bertz CT molecular complexity index is 378. The van der Waals surface area contributed by atoms with Crippen LogP contribution in [0.2, 0.25) is 0 Å². The van der Waals surface area contributed by atoms with Crippen LogP contribution in [0, 0.1) is 0 Å². The maximum atomic E-state index is 11.8. The molecule has 0 aromatic carbocycles. The number of hydrogen-bond donors (Lipinski definition) is 2. The fourth-order valence-corrected chi connectivity index (χ4v) is 3.18. The summed E-state index contributed by atoms with van der Waals surface area (Å²) < 4.78 is 33.0. The van der Waals surface area contributed by atoms with E-state index in [0.29, 0.717) is 12.8 Å². The molecule has 0 amide bonds. The second-order valence-electron chi connectivity index (χ2n) is 4.57. The molecule has 6 nitrogen and oxygen atoms in total. The molecule has 0 aromatic heterocycles. The Morgan fingerprint density at radius 1 is 1.47 bits per heavy atom. The predicted octanol–water partition coefficient (Wildman–Crippen LogP) is 0.305. The minimum absolute atomic E-state index is 0.0102. The van der Waals surface area contributed by atoms with Crippen molar-refractivity contribution in [1.29, 1.82) is 0 Å². The summed E-state index contributed by atoms with van der Waals surface area (Å²) in [6, 6.07) is 0.0102. The summed E-state index contributed by atoms with van der Waals surface area (Å²) in [4.78, 5) is 11.6. The van der Waals surface area contributed by atoms with Gasteiger partial charge in [-0.1, -0.05) is 13.3 Å². The summed E-state index contributed by atoms with van der Waals surface area (Å²) in [5.41, 5.74) is -1.20. The van der Waals surface area contributed by atoms with Gasteiger partial charge in [-0.15, -0.1) is 0 Å². The lowest BCUT2D eigenvalue weighted by Gasteiger charge is -2.27. The van der Waals surface area contributed by atoms with Crippen LogP contribution in [0.15, 0.2) is 0 Å². The van der Waals surface area contributed by atoms with Crippen LogP contribution < -0.4 is 9.44 Å². The van der Waals surface area contributed by atoms with E-state index in [9.17, 15) is 13.2 Å². The highest BCUT2D eigenvalue weighted by molar-refractivity contribution is 7.87. The van der Waals surface area contributed by atoms with Crippen LogP contribution in [0.5, 0.6) is 0 Å². The molecule has 0 heterocycles. The predicted molar refractivity (Wildman–Crippen MR) is 63.5 cm³/mol. The van der Waals surface area contributed by atoms with Gasteiger partial charge in [-0.3, -0.25) is 4.79 Å². The third-order valence-corrected chi connectivity index (χ3v) is 4.01. The lowest BCUT2D eigenvalue weighted by molar-refractivity contribution is -0.147. The van der Waals surface area contributed by atoms with Crippen molar-refractivity contribution in [3.8, 4) is 0 Å². The normalized spacial score (nSPS) is 19.7. The van der Waals surface area contributed by atoms with E-state index < -0.39 is 21.7 Å². The number of carbonyl (C=O) groups excluding carboxylic acids is 1. The van der Waals surface area contributed by atoms with Crippen LogP contribution in [0.4, 0.5) is 0 Å². The molecule has 0 bridgehead atoms. The number of hydrogen-bond acceptors (Lipinski definition) is 4. The van der Waals surface area contributed by atoms with Crippen LogP contribution in [0.1, 0.15) is 39.5 Å². The second kappa shape index (κ2) is 5.32. The molecule has 0 radical (unpaired) electrons. The number of rotatable bonds is 7. The van der Waals surface area contributed by atoms with Crippen molar-refractivity contribution in [2.45, 2.75) is 51.1 Å². The van der Waals surface area contributed by atoms with Crippen molar-refractivity contribution in [3.05, 3.63) is 0 Å². The summed E-state index contributed by atoms with van der Waals surface area (Å²) in [5.74, 6) is -0.569. The zero-order valence-electron chi connectivity index (χ0n) is 10.4. The van der Waals surface area contributed by atoms with Gasteiger partial charge in [-0.05, 0) is 26.2 Å². The number of esters is 1. The highest BCUT2D eigenvalue weighted by atomic mass is 32.2. The van der Waals surface area contributed by atoms with Crippen molar-refractivity contribution >= 4 is 16.2 Å². The van der Waals surface area contributed by atoms with Gasteiger partial charge < -0.3 is 4.74 Å². The standard InChI is InChI=1S/C10H20N2O4S/c1-4-7-10(2,9(13)16-3)12-17(14,15)11-8-5-6-8/h8,11-12H,4-7H2,1-3H3. The molecule has 1 aliphatic rings. The zero-order chi connectivity index (χ0) is 13.1. The Morgan fingerprint density at radius 3 is 2.47 bits per heavy atom. The molecule has 1 aliphatic carbocycles. The quantitative estimate of drug-likeness (QED) is 0.648. The van der Waals surface area contributed by atoms with E-state index >= 15 is 0 Å². The minimum atomic E-state index is -3.65. The molecule has 100 valence electrons. The first kappa shape index (κ1) is 14.4. The molecule has 7 heteroatoms. The molecule has 1 rings (SSSR count). The lowest BCUT2D eigenvalue weighted by Crippen LogP contribution is -2.56. The van der Waals surface area contributed by atoms with E-state index in [0.717, 1.165) is 12.8 Å². The van der Waals surface area contributed by atoms with Crippen LogP contribution in [-0.2, 0) is 19.7 Å². The molecular weight excluding hydrogens is 244 g/mol. The smallest absolute Gasteiger partial charge is 0.326 e. The topological polar surface area (TPSA) is 84.5 Å². The van der Waals surface area contributed by atoms with Gasteiger partial charge in [0.2, 0.25) is 0 Å². The first-order valence-corrected chi connectivity index (χ1v) is 7.21. The molecular formula is C10H20N2O4S. The molecule has 1 saturated carbocycles. The number of ether oxygens (including phenoxy) is 1. The Kier molecular flexibility index (Phi) is 4.51. The first-order valence-electron chi connectivity index (χ1n) is 5.72. The molecule has 1 atom stereocenters. The van der Waals surface area contributed by atoms with E-state index in [1.165, 1.54) is 14.0 Å². The minimum Gasteiger partial charge on any atom is -0.468 e. The summed E-state index contributed by atoms with van der Waals surface area (Å²) in [5, 5.41) is 0. The Hall–Kier alpha value is -0.660. The van der Waals surface area contributed by atoms with Gasteiger partial charge in [0.1, 0.15) is 5.54 Å². The van der Waals surface area contributed by atoms with Crippen molar-refractivity contribution in [2.75, 3.05) is 7.11 Å². The Labute approximate surface area is 102 Å². The number of nitrogens with one attached hydrogen (secondary N) is 2.